The van der Waals surface area contributed by atoms with Gasteiger partial charge < -0.3 is 15.3 Å². The monoisotopic (exact) mass is 256 g/mol. The van der Waals surface area contributed by atoms with Crippen molar-refractivity contribution in [3.05, 3.63) is 0 Å². The van der Waals surface area contributed by atoms with Gasteiger partial charge >= 0.3 is 0 Å². The van der Waals surface area contributed by atoms with Crippen LogP contribution in [0.25, 0.3) is 0 Å². The summed E-state index contributed by atoms with van der Waals surface area (Å²) in [7, 11) is 0. The zero-order chi connectivity index (χ0) is 13.4. The first-order valence-electron chi connectivity index (χ1n) is 7.72. The van der Waals surface area contributed by atoms with Crippen LogP contribution >= 0.6 is 0 Å². The molecule has 0 bridgehead atoms. The summed E-state index contributed by atoms with van der Waals surface area (Å²) >= 11 is 0. The third-order valence-electron chi connectivity index (χ3n) is 3.84. The summed E-state index contributed by atoms with van der Waals surface area (Å²) in [6, 6.07) is 0.626. The molecule has 3 heteroatoms. The molecule has 1 saturated heterocycles. The van der Waals surface area contributed by atoms with E-state index in [4.69, 9.17) is 5.11 Å². The summed E-state index contributed by atoms with van der Waals surface area (Å²) in [4.78, 5) is 2.57. The first-order chi connectivity index (χ1) is 8.65. The van der Waals surface area contributed by atoms with Crippen molar-refractivity contribution in [3.63, 3.8) is 0 Å². The minimum absolute atomic E-state index is 0.337. The molecule has 0 aromatic carbocycles. The highest BCUT2D eigenvalue weighted by molar-refractivity contribution is 4.83. The molecule has 2 unspecified atom stereocenters. The fraction of sp³-hybridized carbons (Fsp3) is 1.00. The van der Waals surface area contributed by atoms with E-state index in [1.54, 1.807) is 0 Å². The first kappa shape index (κ1) is 15.9. The van der Waals surface area contributed by atoms with E-state index in [9.17, 15) is 0 Å². The van der Waals surface area contributed by atoms with Crippen molar-refractivity contribution >= 4 is 0 Å². The highest BCUT2D eigenvalue weighted by Gasteiger charge is 2.25. The first-order valence-corrected chi connectivity index (χ1v) is 7.72. The molecule has 0 aliphatic carbocycles. The van der Waals surface area contributed by atoms with Crippen LogP contribution in [0.4, 0.5) is 0 Å². The summed E-state index contributed by atoms with van der Waals surface area (Å²) in [5.41, 5.74) is 0. The Balaban J connectivity index is 2.35. The van der Waals surface area contributed by atoms with Crippen molar-refractivity contribution in [1.82, 2.24) is 10.2 Å². The minimum Gasteiger partial charge on any atom is -0.396 e. The molecule has 0 aromatic rings. The van der Waals surface area contributed by atoms with Gasteiger partial charge in [-0.1, -0.05) is 20.8 Å². The second-order valence-electron chi connectivity index (χ2n) is 6.21. The molecule has 2 N–H and O–H groups in total. The molecule has 1 heterocycles. The number of hydrogen-bond acceptors (Lipinski definition) is 3. The van der Waals surface area contributed by atoms with Crippen LogP contribution in [-0.2, 0) is 0 Å². The smallest absolute Gasteiger partial charge is 0.0434 e. The van der Waals surface area contributed by atoms with Gasteiger partial charge in [0.05, 0.1) is 0 Å². The number of hydrogen-bond donors (Lipinski definition) is 2. The summed E-state index contributed by atoms with van der Waals surface area (Å²) in [6.45, 7) is 11.8. The lowest BCUT2D eigenvalue weighted by molar-refractivity contribution is 0.121. The second-order valence-corrected chi connectivity index (χ2v) is 6.21. The molecule has 0 amide bonds. The molecule has 1 aliphatic heterocycles. The fourth-order valence-corrected chi connectivity index (χ4v) is 2.92. The average Bonchev–Trinajstić information content (AvgIpc) is 2.29. The van der Waals surface area contributed by atoms with Gasteiger partial charge in [0, 0.05) is 25.7 Å². The molecular weight excluding hydrogens is 224 g/mol. The van der Waals surface area contributed by atoms with Gasteiger partial charge in [-0.05, 0) is 50.6 Å². The Kier molecular flexibility index (Phi) is 7.87. The van der Waals surface area contributed by atoms with Crippen molar-refractivity contribution in [1.29, 1.82) is 0 Å². The topological polar surface area (TPSA) is 35.5 Å². The molecule has 0 aromatic heterocycles. The third kappa shape index (κ3) is 6.17. The number of likely N-dealkylation sites (tertiary alicyclic amines) is 1. The second kappa shape index (κ2) is 8.89. The maximum absolute atomic E-state index is 9.13. The van der Waals surface area contributed by atoms with Crippen LogP contribution < -0.4 is 5.32 Å². The van der Waals surface area contributed by atoms with Gasteiger partial charge in [0.25, 0.3) is 0 Å². The van der Waals surface area contributed by atoms with Crippen LogP contribution in [-0.4, -0.2) is 48.8 Å². The molecular formula is C15H32N2O. The molecule has 2 atom stereocenters. The highest BCUT2D eigenvalue weighted by Crippen LogP contribution is 2.20. The van der Waals surface area contributed by atoms with E-state index in [1.807, 2.05) is 0 Å². The Bertz CT molecular complexity index is 195. The Morgan fingerprint density at radius 1 is 1.33 bits per heavy atom. The molecule has 0 saturated carbocycles. The molecule has 1 fully saturated rings. The van der Waals surface area contributed by atoms with Crippen LogP contribution in [0.15, 0.2) is 0 Å². The summed E-state index contributed by atoms with van der Waals surface area (Å²) in [5.74, 6) is 1.45. The quantitative estimate of drug-likeness (QED) is 0.698. The van der Waals surface area contributed by atoms with E-state index in [2.05, 4.69) is 31.0 Å². The molecule has 0 radical (unpaired) electrons. The standard InChI is InChI=1S/C15H32N2O/c1-4-8-17-11-14(6-9-18)10-15(12-17)16-7-5-13(2)3/h13-16,18H,4-12H2,1-3H3. The Labute approximate surface area is 113 Å². The summed E-state index contributed by atoms with van der Waals surface area (Å²) < 4.78 is 0. The number of piperidine rings is 1. The van der Waals surface area contributed by atoms with Gasteiger partial charge in [0.15, 0.2) is 0 Å². The predicted octanol–water partition coefficient (Wildman–Crippen LogP) is 2.10. The van der Waals surface area contributed by atoms with Gasteiger partial charge in [0.2, 0.25) is 0 Å². The lowest BCUT2D eigenvalue weighted by Crippen LogP contribution is -2.49. The van der Waals surface area contributed by atoms with Crippen LogP contribution in [0, 0.1) is 11.8 Å². The van der Waals surface area contributed by atoms with Crippen molar-refractivity contribution in [3.8, 4) is 0 Å². The summed E-state index contributed by atoms with van der Waals surface area (Å²) in [6.07, 6.45) is 4.68. The van der Waals surface area contributed by atoms with Gasteiger partial charge in [-0.15, -0.1) is 0 Å². The van der Waals surface area contributed by atoms with Gasteiger partial charge in [0.1, 0.15) is 0 Å². The van der Waals surface area contributed by atoms with E-state index < -0.39 is 0 Å². The number of aliphatic hydroxyl groups excluding tert-OH is 1. The maximum atomic E-state index is 9.13. The van der Waals surface area contributed by atoms with Crippen molar-refractivity contribution < 1.29 is 5.11 Å². The van der Waals surface area contributed by atoms with Crippen LogP contribution in [0.5, 0.6) is 0 Å². The lowest BCUT2D eigenvalue weighted by Gasteiger charge is -2.38. The van der Waals surface area contributed by atoms with Crippen LogP contribution in [0.1, 0.15) is 46.5 Å². The minimum atomic E-state index is 0.337. The zero-order valence-electron chi connectivity index (χ0n) is 12.5. The van der Waals surface area contributed by atoms with Crippen LogP contribution in [0.2, 0.25) is 0 Å². The maximum Gasteiger partial charge on any atom is 0.0434 e. The Morgan fingerprint density at radius 2 is 2.11 bits per heavy atom. The highest BCUT2D eigenvalue weighted by atomic mass is 16.3. The zero-order valence-corrected chi connectivity index (χ0v) is 12.5. The largest absolute Gasteiger partial charge is 0.396 e. The van der Waals surface area contributed by atoms with Gasteiger partial charge in [-0.2, -0.15) is 0 Å². The van der Waals surface area contributed by atoms with Crippen molar-refractivity contribution in [2.24, 2.45) is 11.8 Å². The predicted molar refractivity (Wildman–Crippen MR) is 77.8 cm³/mol. The molecule has 18 heavy (non-hydrogen) atoms. The van der Waals surface area contributed by atoms with Crippen LogP contribution in [0.3, 0.4) is 0 Å². The van der Waals surface area contributed by atoms with E-state index in [-0.39, 0.29) is 0 Å². The molecule has 0 spiro atoms. The average molecular weight is 256 g/mol. The normalized spacial score (nSPS) is 25.8. The number of aliphatic hydroxyl groups is 1. The van der Waals surface area contributed by atoms with Crippen molar-refractivity contribution in [2.75, 3.05) is 32.8 Å². The Hall–Kier alpha value is -0.120. The van der Waals surface area contributed by atoms with E-state index >= 15 is 0 Å². The van der Waals surface area contributed by atoms with E-state index in [0.717, 1.165) is 18.9 Å². The lowest BCUT2D eigenvalue weighted by atomic mass is 9.91. The summed E-state index contributed by atoms with van der Waals surface area (Å²) in [5, 5.41) is 12.8. The molecule has 1 rings (SSSR count). The number of nitrogens with zero attached hydrogens (tertiary/aromatic N) is 1. The fourth-order valence-electron chi connectivity index (χ4n) is 2.92. The number of rotatable bonds is 8. The number of nitrogens with one attached hydrogen (secondary N) is 1. The molecule has 3 nitrogen and oxygen atoms in total. The van der Waals surface area contributed by atoms with E-state index in [1.165, 1.54) is 38.9 Å². The Morgan fingerprint density at radius 3 is 2.72 bits per heavy atom. The van der Waals surface area contributed by atoms with Crippen molar-refractivity contribution in [2.45, 2.75) is 52.5 Å². The van der Waals surface area contributed by atoms with Gasteiger partial charge in [-0.25, -0.2) is 0 Å². The molecule has 108 valence electrons. The third-order valence-corrected chi connectivity index (χ3v) is 3.84. The van der Waals surface area contributed by atoms with E-state index in [0.29, 0.717) is 18.6 Å². The molecule has 1 aliphatic rings. The van der Waals surface area contributed by atoms with Gasteiger partial charge in [-0.3, -0.25) is 0 Å². The SMILES string of the molecule is CCCN1CC(CCO)CC(NCCC(C)C)C1.